The molecule has 0 unspecified atom stereocenters. The van der Waals surface area contributed by atoms with Crippen molar-refractivity contribution in [3.63, 3.8) is 0 Å². The molecule has 19 heavy (non-hydrogen) atoms. The van der Waals surface area contributed by atoms with E-state index in [4.69, 9.17) is 0 Å². The maximum absolute atomic E-state index is 12.6. The lowest BCUT2D eigenvalue weighted by atomic mass is 10.2. The highest BCUT2D eigenvalue weighted by Gasteiger charge is 2.23. The number of nitrogens with zero attached hydrogens (tertiary/aromatic N) is 1. The minimum absolute atomic E-state index is 0.394. The van der Waals surface area contributed by atoms with Gasteiger partial charge in [-0.3, -0.25) is 0 Å². The quantitative estimate of drug-likeness (QED) is 0.780. The van der Waals surface area contributed by atoms with Crippen LogP contribution >= 0.6 is 0 Å². The Morgan fingerprint density at radius 1 is 1.00 bits per heavy atom. The molecule has 1 aromatic rings. The fourth-order valence-electron chi connectivity index (χ4n) is 2.21. The molecule has 2 rings (SSSR count). The van der Waals surface area contributed by atoms with Crippen molar-refractivity contribution in [1.82, 2.24) is 4.31 Å². The third kappa shape index (κ3) is 3.67. The maximum atomic E-state index is 12.6. The van der Waals surface area contributed by atoms with Gasteiger partial charge >= 0.3 is 0 Å². The lowest BCUT2D eigenvalue weighted by Crippen LogP contribution is -2.32. The van der Waals surface area contributed by atoms with Crippen LogP contribution < -0.4 is 0 Å². The van der Waals surface area contributed by atoms with Gasteiger partial charge in [0.25, 0.3) is 0 Å². The Hall–Kier alpha value is -1.13. The molecule has 0 aromatic heterocycles. The van der Waals surface area contributed by atoms with Crippen molar-refractivity contribution in [3.8, 4) is 0 Å². The molecule has 1 aliphatic heterocycles. The van der Waals surface area contributed by atoms with Crippen molar-refractivity contribution in [2.75, 3.05) is 13.1 Å². The minimum Gasteiger partial charge on any atom is -0.207 e. The molecule has 0 amide bonds. The summed E-state index contributed by atoms with van der Waals surface area (Å²) in [6.07, 6.45) is 8.28. The Balaban J connectivity index is 2.23. The molecule has 4 heteroatoms. The van der Waals surface area contributed by atoms with Crippen LogP contribution in [-0.4, -0.2) is 25.8 Å². The van der Waals surface area contributed by atoms with Crippen LogP contribution in [0, 0.1) is 6.92 Å². The molecule has 0 fully saturated rings. The standard InChI is InChI=1S/C15H21NO2S/c1-14-8-10-15(11-9-14)19(17,18)16-12-6-4-2-3-5-7-13-16/h4,6,8-11H,2-3,5,7,12-13H2,1H3/b6-4-. The zero-order valence-electron chi connectivity index (χ0n) is 11.4. The van der Waals surface area contributed by atoms with Crippen LogP contribution in [0.1, 0.15) is 31.2 Å². The lowest BCUT2D eigenvalue weighted by Gasteiger charge is -2.20. The first-order valence-corrected chi connectivity index (χ1v) is 8.26. The number of sulfonamides is 1. The first-order chi connectivity index (χ1) is 9.10. The first-order valence-electron chi connectivity index (χ1n) is 6.82. The van der Waals surface area contributed by atoms with Gasteiger partial charge in [-0.05, 0) is 38.3 Å². The molecule has 0 saturated heterocycles. The average Bonchev–Trinajstić information content (AvgIpc) is 2.52. The number of aryl methyl sites for hydroxylation is 1. The Kier molecular flexibility index (Phi) is 4.77. The van der Waals surface area contributed by atoms with Crippen molar-refractivity contribution in [1.29, 1.82) is 0 Å². The summed E-state index contributed by atoms with van der Waals surface area (Å²) in [6, 6.07) is 7.08. The first kappa shape index (κ1) is 14.3. The minimum atomic E-state index is -3.35. The third-order valence-corrected chi connectivity index (χ3v) is 5.29. The van der Waals surface area contributed by atoms with Crippen LogP contribution in [-0.2, 0) is 10.0 Å². The number of benzene rings is 1. The molecule has 0 N–H and O–H groups in total. The predicted octanol–water partition coefficient (Wildman–Crippen LogP) is 3.12. The lowest BCUT2D eigenvalue weighted by molar-refractivity contribution is 0.430. The van der Waals surface area contributed by atoms with Gasteiger partial charge in [0.05, 0.1) is 4.90 Å². The van der Waals surface area contributed by atoms with Gasteiger partial charge in [-0.2, -0.15) is 4.31 Å². The van der Waals surface area contributed by atoms with Gasteiger partial charge in [-0.25, -0.2) is 8.42 Å². The molecule has 1 heterocycles. The molecular weight excluding hydrogens is 258 g/mol. The molecule has 3 nitrogen and oxygen atoms in total. The van der Waals surface area contributed by atoms with Crippen LogP contribution in [0.2, 0.25) is 0 Å². The van der Waals surface area contributed by atoms with E-state index in [2.05, 4.69) is 6.08 Å². The molecule has 0 atom stereocenters. The molecule has 0 radical (unpaired) electrons. The fourth-order valence-corrected chi connectivity index (χ4v) is 3.64. The molecule has 0 aliphatic carbocycles. The van der Waals surface area contributed by atoms with E-state index in [1.807, 2.05) is 25.1 Å². The van der Waals surface area contributed by atoms with Crippen LogP contribution in [0.15, 0.2) is 41.3 Å². The summed E-state index contributed by atoms with van der Waals surface area (Å²) in [5.74, 6) is 0. The Morgan fingerprint density at radius 3 is 2.47 bits per heavy atom. The van der Waals surface area contributed by atoms with Crippen LogP contribution in [0.25, 0.3) is 0 Å². The fraction of sp³-hybridized carbons (Fsp3) is 0.467. The van der Waals surface area contributed by atoms with E-state index >= 15 is 0 Å². The highest BCUT2D eigenvalue weighted by atomic mass is 32.2. The Labute approximate surface area is 116 Å². The predicted molar refractivity (Wildman–Crippen MR) is 77.5 cm³/mol. The summed E-state index contributed by atoms with van der Waals surface area (Å²) in [6.45, 7) is 3.05. The van der Waals surface area contributed by atoms with Gasteiger partial charge < -0.3 is 0 Å². The molecule has 1 aliphatic rings. The van der Waals surface area contributed by atoms with Crippen LogP contribution in [0.5, 0.6) is 0 Å². The summed E-state index contributed by atoms with van der Waals surface area (Å²) < 4.78 is 26.7. The van der Waals surface area contributed by atoms with Crippen molar-refractivity contribution in [2.24, 2.45) is 0 Å². The number of hydrogen-bond donors (Lipinski definition) is 0. The average molecular weight is 279 g/mol. The zero-order chi connectivity index (χ0) is 13.7. The van der Waals surface area contributed by atoms with Crippen molar-refractivity contribution in [2.45, 2.75) is 37.5 Å². The normalized spacial score (nSPS) is 20.3. The van der Waals surface area contributed by atoms with Gasteiger partial charge in [0.2, 0.25) is 10.0 Å². The molecule has 0 saturated carbocycles. The highest BCUT2D eigenvalue weighted by molar-refractivity contribution is 7.89. The van der Waals surface area contributed by atoms with Gasteiger partial charge in [0.1, 0.15) is 0 Å². The summed E-state index contributed by atoms with van der Waals surface area (Å²) in [4.78, 5) is 0.394. The molecule has 0 bridgehead atoms. The van der Waals surface area contributed by atoms with Crippen LogP contribution in [0.3, 0.4) is 0 Å². The van der Waals surface area contributed by atoms with Crippen LogP contribution in [0.4, 0.5) is 0 Å². The van der Waals surface area contributed by atoms with Gasteiger partial charge in [0, 0.05) is 13.1 Å². The largest absolute Gasteiger partial charge is 0.243 e. The molecule has 0 spiro atoms. The van der Waals surface area contributed by atoms with Gasteiger partial charge in [-0.1, -0.05) is 36.3 Å². The summed E-state index contributed by atoms with van der Waals surface area (Å²) in [5.41, 5.74) is 1.07. The van der Waals surface area contributed by atoms with E-state index in [0.29, 0.717) is 18.0 Å². The van der Waals surface area contributed by atoms with E-state index in [0.717, 1.165) is 31.2 Å². The third-order valence-electron chi connectivity index (χ3n) is 3.41. The summed E-state index contributed by atoms with van der Waals surface area (Å²) >= 11 is 0. The summed E-state index contributed by atoms with van der Waals surface area (Å²) in [5, 5.41) is 0. The van der Waals surface area contributed by atoms with Crippen molar-refractivity contribution >= 4 is 10.0 Å². The monoisotopic (exact) mass is 279 g/mol. The maximum Gasteiger partial charge on any atom is 0.243 e. The van der Waals surface area contributed by atoms with Crippen molar-refractivity contribution in [3.05, 3.63) is 42.0 Å². The van der Waals surface area contributed by atoms with Gasteiger partial charge in [0.15, 0.2) is 0 Å². The SMILES string of the molecule is Cc1ccc(S(=O)(=O)N2C/C=C\CCCCC2)cc1. The number of allylic oxidation sites excluding steroid dienone is 1. The second-order valence-electron chi connectivity index (χ2n) is 5.00. The van der Waals surface area contributed by atoms with E-state index in [-0.39, 0.29) is 0 Å². The number of hydrogen-bond acceptors (Lipinski definition) is 2. The Bertz CT molecular complexity index is 532. The smallest absolute Gasteiger partial charge is 0.207 e. The van der Waals surface area contributed by atoms with E-state index in [1.54, 1.807) is 16.4 Å². The topological polar surface area (TPSA) is 37.4 Å². The van der Waals surface area contributed by atoms with E-state index in [9.17, 15) is 8.42 Å². The van der Waals surface area contributed by atoms with Gasteiger partial charge in [-0.15, -0.1) is 0 Å². The zero-order valence-corrected chi connectivity index (χ0v) is 12.2. The van der Waals surface area contributed by atoms with E-state index in [1.165, 1.54) is 0 Å². The molecule has 104 valence electrons. The van der Waals surface area contributed by atoms with Crippen molar-refractivity contribution < 1.29 is 8.42 Å². The second kappa shape index (κ2) is 6.35. The summed E-state index contributed by atoms with van der Waals surface area (Å²) in [7, 11) is -3.35. The molecular formula is C15H21NO2S. The van der Waals surface area contributed by atoms with E-state index < -0.39 is 10.0 Å². The second-order valence-corrected chi connectivity index (χ2v) is 6.93. The molecule has 1 aromatic carbocycles. The Morgan fingerprint density at radius 2 is 1.74 bits per heavy atom. The highest BCUT2D eigenvalue weighted by Crippen LogP contribution is 2.18. The number of rotatable bonds is 2.